The van der Waals surface area contributed by atoms with Gasteiger partial charge in [-0.15, -0.1) is 0 Å². The maximum atomic E-state index is 9.71. The van der Waals surface area contributed by atoms with Gasteiger partial charge in [-0.25, -0.2) is 0 Å². The zero-order chi connectivity index (χ0) is 10.4. The molecule has 1 rings (SSSR count). The lowest BCUT2D eigenvalue weighted by atomic mass is 9.99. The molecule has 1 radical (unpaired) electrons. The Bertz CT molecular complexity index is 256. The van der Waals surface area contributed by atoms with Crippen LogP contribution in [0.1, 0.15) is 24.8 Å². The van der Waals surface area contributed by atoms with Crippen molar-refractivity contribution < 1.29 is 5.11 Å². The summed E-state index contributed by atoms with van der Waals surface area (Å²) in [7, 11) is 0. The van der Waals surface area contributed by atoms with Crippen LogP contribution in [0, 0.1) is 6.92 Å². The number of nitrogens with two attached hydrogens (primary N) is 1. The summed E-state index contributed by atoms with van der Waals surface area (Å²) in [5, 5.41) is 9.71. The normalized spacial score (nSPS) is 15.1. The minimum absolute atomic E-state index is 0.555. The molecule has 0 aromatic heterocycles. The minimum Gasteiger partial charge on any atom is -0.376 e. The smallest absolute Gasteiger partial charge is 0.113 e. The highest BCUT2D eigenvalue weighted by atomic mass is 16.3. The number of hydrogen-bond acceptors (Lipinski definition) is 2. The van der Waals surface area contributed by atoms with E-state index >= 15 is 0 Å². The van der Waals surface area contributed by atoms with Gasteiger partial charge in [0.2, 0.25) is 0 Å². The summed E-state index contributed by atoms with van der Waals surface area (Å²) in [6, 6.07) is 10.0. The van der Waals surface area contributed by atoms with Crippen LogP contribution in [0.4, 0.5) is 0 Å². The van der Waals surface area contributed by atoms with Crippen molar-refractivity contribution in [3.8, 4) is 0 Å². The Labute approximate surface area is 85.8 Å². The van der Waals surface area contributed by atoms with Crippen LogP contribution >= 0.6 is 0 Å². The monoisotopic (exact) mass is 192 g/mol. The molecule has 1 aromatic carbocycles. The Kier molecular flexibility index (Phi) is 4.11. The molecule has 0 amide bonds. The first kappa shape index (κ1) is 11.2. The molecule has 2 nitrogen and oxygen atoms in total. The molecule has 0 aliphatic carbocycles. The molecule has 1 atom stereocenters. The fourth-order valence-corrected chi connectivity index (χ4v) is 1.44. The Morgan fingerprint density at radius 1 is 1.21 bits per heavy atom. The van der Waals surface area contributed by atoms with Gasteiger partial charge in [-0.2, -0.15) is 0 Å². The summed E-state index contributed by atoms with van der Waals surface area (Å²) in [6.07, 6.45) is 2.63. The molecule has 0 aliphatic rings. The van der Waals surface area contributed by atoms with E-state index in [1.807, 2.05) is 30.3 Å². The van der Waals surface area contributed by atoms with E-state index in [4.69, 9.17) is 5.73 Å². The van der Waals surface area contributed by atoms with E-state index in [-0.39, 0.29) is 0 Å². The van der Waals surface area contributed by atoms with Crippen molar-refractivity contribution in [3.05, 3.63) is 42.8 Å². The van der Waals surface area contributed by atoms with Crippen molar-refractivity contribution in [2.24, 2.45) is 5.73 Å². The fourth-order valence-electron chi connectivity index (χ4n) is 1.44. The summed E-state index contributed by atoms with van der Waals surface area (Å²) in [5.41, 5.74) is 5.84. The maximum absolute atomic E-state index is 9.71. The molecule has 1 unspecified atom stereocenters. The fraction of sp³-hybridized carbons (Fsp3) is 0.417. The average Bonchev–Trinajstić information content (AvgIpc) is 2.17. The van der Waals surface area contributed by atoms with E-state index in [1.54, 1.807) is 0 Å². The van der Waals surface area contributed by atoms with Gasteiger partial charge in [0.1, 0.15) is 5.72 Å². The number of rotatable bonds is 5. The van der Waals surface area contributed by atoms with Gasteiger partial charge in [0.15, 0.2) is 0 Å². The quantitative estimate of drug-likeness (QED) is 0.700. The summed E-state index contributed by atoms with van der Waals surface area (Å²) in [6.45, 7) is 3.69. The first-order valence-corrected chi connectivity index (χ1v) is 4.98. The molecule has 0 bridgehead atoms. The van der Waals surface area contributed by atoms with Crippen LogP contribution in [0.25, 0.3) is 0 Å². The predicted octanol–water partition coefficient (Wildman–Crippen LogP) is 1.88. The molecule has 3 N–H and O–H groups in total. The Hall–Kier alpha value is -0.860. The second-order valence-electron chi connectivity index (χ2n) is 3.69. The molecule has 77 valence electrons. The number of aryl methyl sites for hydroxylation is 1. The largest absolute Gasteiger partial charge is 0.376 e. The Morgan fingerprint density at radius 3 is 2.43 bits per heavy atom. The van der Waals surface area contributed by atoms with Gasteiger partial charge in [-0.3, -0.25) is 0 Å². The number of aliphatic hydroxyl groups is 1. The third-order valence-electron chi connectivity index (χ3n) is 2.30. The van der Waals surface area contributed by atoms with Gasteiger partial charge in [0, 0.05) is 0 Å². The molecule has 0 spiro atoms. The number of hydrogen-bond donors (Lipinski definition) is 2. The molecule has 1 aromatic rings. The zero-order valence-electron chi connectivity index (χ0n) is 8.45. The van der Waals surface area contributed by atoms with Crippen molar-refractivity contribution in [2.75, 3.05) is 0 Å². The third kappa shape index (κ3) is 3.90. The van der Waals surface area contributed by atoms with Crippen molar-refractivity contribution in [1.29, 1.82) is 0 Å². The van der Waals surface area contributed by atoms with E-state index in [0.717, 1.165) is 6.42 Å². The van der Waals surface area contributed by atoms with Crippen molar-refractivity contribution >= 4 is 0 Å². The van der Waals surface area contributed by atoms with Gasteiger partial charge in [0.25, 0.3) is 0 Å². The molecule has 0 saturated heterocycles. The van der Waals surface area contributed by atoms with Crippen LogP contribution in [-0.4, -0.2) is 10.8 Å². The van der Waals surface area contributed by atoms with E-state index in [9.17, 15) is 5.11 Å². The zero-order valence-corrected chi connectivity index (χ0v) is 8.45. The lowest BCUT2D eigenvalue weighted by molar-refractivity contribution is 0.0303. The van der Waals surface area contributed by atoms with Gasteiger partial charge in [-0.1, -0.05) is 37.3 Å². The maximum Gasteiger partial charge on any atom is 0.113 e. The molecule has 0 saturated carbocycles. The van der Waals surface area contributed by atoms with Crippen LogP contribution in [0.3, 0.4) is 0 Å². The molecular formula is C12H18NO. The summed E-state index contributed by atoms with van der Waals surface area (Å²) < 4.78 is 0. The van der Waals surface area contributed by atoms with Crippen LogP contribution in [0.15, 0.2) is 30.3 Å². The third-order valence-corrected chi connectivity index (χ3v) is 2.30. The van der Waals surface area contributed by atoms with Crippen LogP contribution in [-0.2, 0) is 6.42 Å². The highest BCUT2D eigenvalue weighted by molar-refractivity contribution is 5.14. The van der Waals surface area contributed by atoms with E-state index < -0.39 is 5.72 Å². The van der Waals surface area contributed by atoms with Crippen molar-refractivity contribution in [2.45, 2.75) is 31.4 Å². The molecule has 0 heterocycles. The van der Waals surface area contributed by atoms with Gasteiger partial charge < -0.3 is 10.8 Å². The SMILES string of the molecule is [CH2]CCC(N)(O)CCc1ccccc1. The van der Waals surface area contributed by atoms with Gasteiger partial charge in [0.05, 0.1) is 0 Å². The average molecular weight is 192 g/mol. The van der Waals surface area contributed by atoms with Crippen LogP contribution < -0.4 is 5.73 Å². The van der Waals surface area contributed by atoms with Crippen LogP contribution in [0.2, 0.25) is 0 Å². The summed E-state index contributed by atoms with van der Waals surface area (Å²) in [4.78, 5) is 0. The Morgan fingerprint density at radius 2 is 1.86 bits per heavy atom. The standard InChI is InChI=1S/C12H18NO/c1-2-9-12(13,14)10-8-11-6-4-3-5-7-11/h3-7,14H,1-2,8-10,13H2. The van der Waals surface area contributed by atoms with E-state index in [1.165, 1.54) is 5.56 Å². The molecule has 14 heavy (non-hydrogen) atoms. The summed E-state index contributed by atoms with van der Waals surface area (Å²) in [5.74, 6) is 0. The van der Waals surface area contributed by atoms with Crippen molar-refractivity contribution in [3.63, 3.8) is 0 Å². The Balaban J connectivity index is 2.40. The number of benzene rings is 1. The second-order valence-corrected chi connectivity index (χ2v) is 3.69. The van der Waals surface area contributed by atoms with Crippen molar-refractivity contribution in [1.82, 2.24) is 0 Å². The summed E-state index contributed by atoms with van der Waals surface area (Å²) >= 11 is 0. The van der Waals surface area contributed by atoms with Gasteiger partial charge in [-0.05, 0) is 31.2 Å². The first-order valence-electron chi connectivity index (χ1n) is 4.98. The molecule has 0 aliphatic heterocycles. The second kappa shape index (κ2) is 5.13. The van der Waals surface area contributed by atoms with Gasteiger partial charge >= 0.3 is 0 Å². The topological polar surface area (TPSA) is 46.2 Å². The minimum atomic E-state index is -1.06. The molecular weight excluding hydrogens is 174 g/mol. The lowest BCUT2D eigenvalue weighted by Crippen LogP contribution is -2.39. The highest BCUT2D eigenvalue weighted by Crippen LogP contribution is 2.14. The van der Waals surface area contributed by atoms with E-state index in [0.29, 0.717) is 19.3 Å². The van der Waals surface area contributed by atoms with E-state index in [2.05, 4.69) is 6.92 Å². The molecule has 0 fully saturated rings. The first-order chi connectivity index (χ1) is 6.64. The lowest BCUT2D eigenvalue weighted by Gasteiger charge is -2.22. The highest BCUT2D eigenvalue weighted by Gasteiger charge is 2.18. The predicted molar refractivity (Wildman–Crippen MR) is 58.5 cm³/mol. The van der Waals surface area contributed by atoms with Crippen LogP contribution in [0.5, 0.6) is 0 Å². The molecule has 2 heteroatoms.